The number of hydrogen-bond donors (Lipinski definition) is 1. The van der Waals surface area contributed by atoms with E-state index in [0.717, 1.165) is 25.3 Å². The molecule has 0 fully saturated rings. The van der Waals surface area contributed by atoms with E-state index in [1.54, 1.807) is 0 Å². The molecule has 3 heterocycles. The highest BCUT2D eigenvalue weighted by molar-refractivity contribution is 6.31. The van der Waals surface area contributed by atoms with Crippen LogP contribution in [0.15, 0.2) is 48.9 Å². The standard InChI is InChI=1S/C20H14ClF5N4O/c1-19(23,10-30-18(31)13-3-2-6-27-16(13)20(24,25)26)17-14(21)7-12(9-29-17)11-4-5-15(22)28-8-11/h2-9H,10H2,1H3,(H,30,31). The maximum atomic E-state index is 15.2. The van der Waals surface area contributed by atoms with Crippen LogP contribution >= 0.6 is 11.6 Å². The van der Waals surface area contributed by atoms with Crippen LogP contribution in [0.25, 0.3) is 11.1 Å². The zero-order valence-corrected chi connectivity index (χ0v) is 16.6. The number of amides is 1. The predicted octanol–water partition coefficient (Wildman–Crippen LogP) is 4.96. The number of carbonyl (C=O) groups is 1. The van der Waals surface area contributed by atoms with Gasteiger partial charge in [0, 0.05) is 29.7 Å². The van der Waals surface area contributed by atoms with Gasteiger partial charge in [-0.05, 0) is 37.3 Å². The minimum Gasteiger partial charge on any atom is -0.348 e. The van der Waals surface area contributed by atoms with Gasteiger partial charge in [-0.3, -0.25) is 14.8 Å². The van der Waals surface area contributed by atoms with Gasteiger partial charge in [0.1, 0.15) is 0 Å². The number of carbonyl (C=O) groups excluding carboxylic acids is 1. The molecule has 1 amide bonds. The second kappa shape index (κ2) is 8.54. The maximum Gasteiger partial charge on any atom is 0.434 e. The van der Waals surface area contributed by atoms with Crippen molar-refractivity contribution in [2.24, 2.45) is 0 Å². The smallest absolute Gasteiger partial charge is 0.348 e. The molecule has 0 saturated carbocycles. The Bertz CT molecular complexity index is 1100. The number of nitrogens with one attached hydrogen (secondary N) is 1. The summed E-state index contributed by atoms with van der Waals surface area (Å²) in [7, 11) is 0. The van der Waals surface area contributed by atoms with E-state index in [1.807, 2.05) is 0 Å². The van der Waals surface area contributed by atoms with Crippen LogP contribution < -0.4 is 5.32 Å². The first-order valence-corrected chi connectivity index (χ1v) is 9.14. The molecule has 0 aliphatic carbocycles. The summed E-state index contributed by atoms with van der Waals surface area (Å²) >= 11 is 6.14. The highest BCUT2D eigenvalue weighted by Crippen LogP contribution is 2.33. The summed E-state index contributed by atoms with van der Waals surface area (Å²) in [5.41, 5.74) is -3.69. The summed E-state index contributed by atoms with van der Waals surface area (Å²) in [6, 6.07) is 6.08. The molecule has 3 aromatic rings. The van der Waals surface area contributed by atoms with Crippen molar-refractivity contribution in [3.8, 4) is 11.1 Å². The van der Waals surface area contributed by atoms with E-state index in [4.69, 9.17) is 11.6 Å². The van der Waals surface area contributed by atoms with Crippen LogP contribution in [0.4, 0.5) is 22.0 Å². The van der Waals surface area contributed by atoms with E-state index in [1.165, 1.54) is 30.6 Å². The Balaban J connectivity index is 1.78. The number of nitrogens with zero attached hydrogens (tertiary/aromatic N) is 3. The largest absolute Gasteiger partial charge is 0.434 e. The Labute approximate surface area is 178 Å². The number of aromatic nitrogens is 3. The van der Waals surface area contributed by atoms with E-state index in [0.29, 0.717) is 11.1 Å². The fourth-order valence-electron chi connectivity index (χ4n) is 2.77. The molecule has 5 nitrogen and oxygen atoms in total. The highest BCUT2D eigenvalue weighted by atomic mass is 35.5. The Hall–Kier alpha value is -3.14. The number of alkyl halides is 4. The third-order valence-corrected chi connectivity index (χ3v) is 4.59. The first-order chi connectivity index (χ1) is 14.5. The molecule has 3 aromatic heterocycles. The maximum absolute atomic E-state index is 15.2. The van der Waals surface area contributed by atoms with Gasteiger partial charge < -0.3 is 5.32 Å². The molecule has 0 aromatic carbocycles. The van der Waals surface area contributed by atoms with Gasteiger partial charge in [0.05, 0.1) is 22.8 Å². The van der Waals surface area contributed by atoms with Crippen molar-refractivity contribution in [2.45, 2.75) is 18.8 Å². The topological polar surface area (TPSA) is 67.8 Å². The molecule has 3 rings (SSSR count). The molecule has 162 valence electrons. The summed E-state index contributed by atoms with van der Waals surface area (Å²) in [4.78, 5) is 22.9. The summed E-state index contributed by atoms with van der Waals surface area (Å²) in [6.07, 6.45) is -1.40. The zero-order valence-electron chi connectivity index (χ0n) is 15.8. The number of hydrogen-bond acceptors (Lipinski definition) is 4. The quantitative estimate of drug-likeness (QED) is 0.435. The minimum atomic E-state index is -4.84. The summed E-state index contributed by atoms with van der Waals surface area (Å²) in [5, 5.41) is 2.04. The van der Waals surface area contributed by atoms with Crippen molar-refractivity contribution in [3.63, 3.8) is 0 Å². The van der Waals surface area contributed by atoms with Gasteiger partial charge in [-0.1, -0.05) is 11.6 Å². The number of rotatable bonds is 5. The lowest BCUT2D eigenvalue weighted by Crippen LogP contribution is -2.37. The fraction of sp³-hybridized carbons (Fsp3) is 0.200. The monoisotopic (exact) mass is 456 g/mol. The summed E-state index contributed by atoms with van der Waals surface area (Å²) in [6.45, 7) is 0.386. The Morgan fingerprint density at radius 3 is 2.35 bits per heavy atom. The van der Waals surface area contributed by atoms with Crippen LogP contribution in [-0.4, -0.2) is 27.4 Å². The van der Waals surface area contributed by atoms with Gasteiger partial charge in [0.2, 0.25) is 5.95 Å². The fourth-order valence-corrected chi connectivity index (χ4v) is 3.13. The van der Waals surface area contributed by atoms with Gasteiger partial charge >= 0.3 is 6.18 Å². The van der Waals surface area contributed by atoms with Crippen LogP contribution in [0.2, 0.25) is 5.02 Å². The lowest BCUT2D eigenvalue weighted by molar-refractivity contribution is -0.141. The second-order valence-corrected chi connectivity index (χ2v) is 7.11. The molecule has 0 bridgehead atoms. The number of pyridine rings is 3. The van der Waals surface area contributed by atoms with Crippen molar-refractivity contribution in [3.05, 3.63) is 76.8 Å². The lowest BCUT2D eigenvalue weighted by atomic mass is 10.0. The van der Waals surface area contributed by atoms with Crippen molar-refractivity contribution in [1.82, 2.24) is 20.3 Å². The first-order valence-electron chi connectivity index (χ1n) is 8.76. The van der Waals surface area contributed by atoms with Gasteiger partial charge in [0.15, 0.2) is 11.4 Å². The van der Waals surface area contributed by atoms with Gasteiger partial charge in [-0.2, -0.15) is 17.6 Å². The van der Waals surface area contributed by atoms with Gasteiger partial charge in [-0.15, -0.1) is 0 Å². The van der Waals surface area contributed by atoms with Crippen molar-refractivity contribution in [1.29, 1.82) is 0 Å². The molecule has 0 saturated heterocycles. The van der Waals surface area contributed by atoms with E-state index in [2.05, 4.69) is 20.3 Å². The zero-order chi connectivity index (χ0) is 22.8. The third-order valence-electron chi connectivity index (χ3n) is 4.30. The second-order valence-electron chi connectivity index (χ2n) is 6.70. The summed E-state index contributed by atoms with van der Waals surface area (Å²) < 4.78 is 67.3. The molecule has 1 atom stereocenters. The Kier molecular flexibility index (Phi) is 6.21. The molecule has 11 heteroatoms. The van der Waals surface area contributed by atoms with Gasteiger partial charge in [-0.25, -0.2) is 9.37 Å². The van der Waals surface area contributed by atoms with Crippen LogP contribution in [0, 0.1) is 5.95 Å². The molecule has 1 N–H and O–H groups in total. The minimum absolute atomic E-state index is 0.0848. The molecular weight excluding hydrogens is 443 g/mol. The average molecular weight is 457 g/mol. The Morgan fingerprint density at radius 1 is 1.03 bits per heavy atom. The number of halogens is 6. The molecule has 0 aliphatic rings. The average Bonchev–Trinajstić information content (AvgIpc) is 2.71. The molecule has 0 aliphatic heterocycles. The van der Waals surface area contributed by atoms with Crippen LogP contribution in [0.5, 0.6) is 0 Å². The van der Waals surface area contributed by atoms with Crippen molar-refractivity contribution >= 4 is 17.5 Å². The molecule has 1 unspecified atom stereocenters. The lowest BCUT2D eigenvalue weighted by Gasteiger charge is -2.22. The molecular formula is C20H14ClF5N4O. The molecule has 31 heavy (non-hydrogen) atoms. The summed E-state index contributed by atoms with van der Waals surface area (Å²) in [5.74, 6) is -1.82. The normalized spacial score (nSPS) is 13.5. The molecule has 0 spiro atoms. The SMILES string of the molecule is CC(F)(CNC(=O)c1cccnc1C(F)(F)F)c1ncc(-c2ccc(F)nc2)cc1Cl. The van der Waals surface area contributed by atoms with E-state index in [-0.39, 0.29) is 10.7 Å². The van der Waals surface area contributed by atoms with Gasteiger partial charge in [0.25, 0.3) is 5.91 Å². The van der Waals surface area contributed by atoms with Crippen molar-refractivity contribution < 1.29 is 26.7 Å². The third kappa shape index (κ3) is 5.13. The Morgan fingerprint density at radius 2 is 1.74 bits per heavy atom. The molecule has 0 radical (unpaired) electrons. The van der Waals surface area contributed by atoms with Crippen LogP contribution in [0.3, 0.4) is 0 Å². The van der Waals surface area contributed by atoms with E-state index >= 15 is 4.39 Å². The predicted molar refractivity (Wildman–Crippen MR) is 102 cm³/mol. The van der Waals surface area contributed by atoms with Crippen molar-refractivity contribution in [2.75, 3.05) is 6.54 Å². The van der Waals surface area contributed by atoms with E-state index in [9.17, 15) is 22.4 Å². The van der Waals surface area contributed by atoms with Crippen LogP contribution in [-0.2, 0) is 11.8 Å². The first kappa shape index (κ1) is 22.5. The highest BCUT2D eigenvalue weighted by Gasteiger charge is 2.38. The van der Waals surface area contributed by atoms with E-state index < -0.39 is 41.5 Å². The van der Waals surface area contributed by atoms with Crippen LogP contribution in [0.1, 0.15) is 28.7 Å².